The molecule has 0 unspecified atom stereocenters. The van der Waals surface area contributed by atoms with Crippen molar-refractivity contribution in [3.05, 3.63) is 52.9 Å². The van der Waals surface area contributed by atoms with Gasteiger partial charge in [-0.3, -0.25) is 9.69 Å². The topological polar surface area (TPSA) is 49.6 Å². The van der Waals surface area contributed by atoms with Gasteiger partial charge < -0.3 is 9.32 Å². The van der Waals surface area contributed by atoms with E-state index in [9.17, 15) is 4.79 Å². The van der Waals surface area contributed by atoms with Crippen LogP contribution in [0.15, 0.2) is 40.8 Å². The van der Waals surface area contributed by atoms with Crippen LogP contribution < -0.4 is 0 Å². The number of piperidine rings is 1. The van der Waals surface area contributed by atoms with E-state index < -0.39 is 0 Å². The van der Waals surface area contributed by atoms with Gasteiger partial charge in [-0.15, -0.1) is 11.3 Å². The van der Waals surface area contributed by atoms with Crippen LogP contribution in [0.25, 0.3) is 10.2 Å². The van der Waals surface area contributed by atoms with Gasteiger partial charge in [0.15, 0.2) is 0 Å². The van der Waals surface area contributed by atoms with Crippen molar-refractivity contribution in [1.29, 1.82) is 0 Å². The summed E-state index contributed by atoms with van der Waals surface area (Å²) in [7, 11) is 1.84. The highest BCUT2D eigenvalue weighted by Crippen LogP contribution is 2.32. The number of fused-ring (bicyclic) bond motifs is 1. The van der Waals surface area contributed by atoms with Crippen LogP contribution in [0.4, 0.5) is 0 Å². The molecule has 5 nitrogen and oxygen atoms in total. The molecule has 1 aromatic carbocycles. The first-order valence-corrected chi connectivity index (χ1v) is 10.3. The van der Waals surface area contributed by atoms with E-state index in [1.54, 1.807) is 16.2 Å². The standard InChI is InChI=1S/C21H25N3O2S/c1-15-9-10-17(26-15)13-23(2)20(25)14-24-11-5-6-16(12-24)21-22-18-7-3-4-8-19(18)27-21/h3-4,7-10,16H,5-6,11-14H2,1-2H3/t16-/m1/s1. The minimum Gasteiger partial charge on any atom is -0.464 e. The summed E-state index contributed by atoms with van der Waals surface area (Å²) in [5.74, 6) is 2.26. The zero-order valence-electron chi connectivity index (χ0n) is 15.9. The van der Waals surface area contributed by atoms with Crippen molar-refractivity contribution in [3.63, 3.8) is 0 Å². The average Bonchev–Trinajstić information content (AvgIpc) is 3.27. The van der Waals surface area contributed by atoms with E-state index in [1.807, 2.05) is 32.2 Å². The molecule has 0 N–H and O–H groups in total. The Kier molecular flexibility index (Phi) is 5.27. The molecule has 4 rings (SSSR count). The summed E-state index contributed by atoms with van der Waals surface area (Å²) >= 11 is 1.79. The molecule has 0 bridgehead atoms. The quantitative estimate of drug-likeness (QED) is 0.667. The van der Waals surface area contributed by atoms with E-state index in [0.29, 0.717) is 19.0 Å². The molecule has 0 radical (unpaired) electrons. The Labute approximate surface area is 163 Å². The fourth-order valence-electron chi connectivity index (χ4n) is 3.67. The van der Waals surface area contributed by atoms with Gasteiger partial charge in [-0.25, -0.2) is 4.98 Å². The minimum absolute atomic E-state index is 0.133. The van der Waals surface area contributed by atoms with Crippen molar-refractivity contribution in [2.24, 2.45) is 0 Å². The summed E-state index contributed by atoms with van der Waals surface area (Å²) in [6.07, 6.45) is 2.25. The Morgan fingerprint density at radius 2 is 2.19 bits per heavy atom. The van der Waals surface area contributed by atoms with Gasteiger partial charge in [-0.1, -0.05) is 12.1 Å². The molecule has 3 heterocycles. The summed E-state index contributed by atoms with van der Waals surface area (Å²) in [6.45, 7) is 4.76. The smallest absolute Gasteiger partial charge is 0.236 e. The lowest BCUT2D eigenvalue weighted by molar-refractivity contribution is -0.132. The number of para-hydroxylation sites is 1. The SMILES string of the molecule is Cc1ccc(CN(C)C(=O)CN2CCC[C@@H](c3nc4ccccc4s3)C2)o1. The highest BCUT2D eigenvalue weighted by molar-refractivity contribution is 7.18. The molecule has 3 aromatic rings. The number of amides is 1. The van der Waals surface area contributed by atoms with E-state index >= 15 is 0 Å². The highest BCUT2D eigenvalue weighted by Gasteiger charge is 2.26. The van der Waals surface area contributed by atoms with Crippen molar-refractivity contribution in [2.75, 3.05) is 26.7 Å². The van der Waals surface area contributed by atoms with Crippen LogP contribution in [0.3, 0.4) is 0 Å². The van der Waals surface area contributed by atoms with Crippen molar-refractivity contribution >= 4 is 27.5 Å². The Bertz CT molecular complexity index is 899. The molecular formula is C21H25N3O2S. The molecule has 0 aliphatic carbocycles. The first-order chi connectivity index (χ1) is 13.1. The predicted molar refractivity (Wildman–Crippen MR) is 108 cm³/mol. The molecule has 1 aliphatic heterocycles. The van der Waals surface area contributed by atoms with Crippen LogP contribution in [-0.2, 0) is 11.3 Å². The van der Waals surface area contributed by atoms with Crippen LogP contribution in [0.1, 0.15) is 35.3 Å². The number of nitrogens with zero attached hydrogens (tertiary/aromatic N) is 3. The summed E-state index contributed by atoms with van der Waals surface area (Å²) < 4.78 is 6.83. The van der Waals surface area contributed by atoms with E-state index in [4.69, 9.17) is 9.40 Å². The minimum atomic E-state index is 0.133. The number of benzene rings is 1. The van der Waals surface area contributed by atoms with Crippen LogP contribution in [0.2, 0.25) is 0 Å². The van der Waals surface area contributed by atoms with Gasteiger partial charge in [-0.05, 0) is 50.6 Å². The monoisotopic (exact) mass is 383 g/mol. The average molecular weight is 384 g/mol. The van der Waals surface area contributed by atoms with Crippen LogP contribution >= 0.6 is 11.3 Å². The molecule has 6 heteroatoms. The van der Waals surface area contributed by atoms with Crippen LogP contribution in [-0.4, -0.2) is 47.4 Å². The molecule has 1 amide bonds. The van der Waals surface area contributed by atoms with Crippen molar-refractivity contribution < 1.29 is 9.21 Å². The predicted octanol–water partition coefficient (Wildman–Crippen LogP) is 4.04. The van der Waals surface area contributed by atoms with Gasteiger partial charge in [0.05, 0.1) is 28.3 Å². The van der Waals surface area contributed by atoms with E-state index in [1.165, 1.54) is 9.71 Å². The maximum absolute atomic E-state index is 12.6. The molecule has 0 saturated carbocycles. The number of carbonyl (C=O) groups is 1. The molecule has 1 fully saturated rings. The molecule has 0 spiro atoms. The second-order valence-electron chi connectivity index (χ2n) is 7.36. The first-order valence-electron chi connectivity index (χ1n) is 9.45. The number of rotatable bonds is 5. The second kappa shape index (κ2) is 7.82. The molecule has 1 atom stereocenters. The molecular weight excluding hydrogens is 358 g/mol. The largest absolute Gasteiger partial charge is 0.464 e. The number of carbonyl (C=O) groups excluding carboxylic acids is 1. The summed E-state index contributed by atoms with van der Waals surface area (Å²) in [6, 6.07) is 12.2. The van der Waals surface area contributed by atoms with Gasteiger partial charge in [0.25, 0.3) is 0 Å². The summed E-state index contributed by atoms with van der Waals surface area (Å²) in [4.78, 5) is 21.5. The lowest BCUT2D eigenvalue weighted by Crippen LogP contribution is -2.42. The third-order valence-electron chi connectivity index (χ3n) is 5.14. The fourth-order valence-corrected chi connectivity index (χ4v) is 4.76. The molecule has 1 saturated heterocycles. The normalized spacial score (nSPS) is 18.1. The second-order valence-corrected chi connectivity index (χ2v) is 8.42. The molecule has 2 aromatic heterocycles. The van der Waals surface area contributed by atoms with Crippen LogP contribution in [0.5, 0.6) is 0 Å². The van der Waals surface area contributed by atoms with Gasteiger partial charge in [0.1, 0.15) is 11.5 Å². The number of hydrogen-bond acceptors (Lipinski definition) is 5. The van der Waals surface area contributed by atoms with Crippen molar-refractivity contribution in [3.8, 4) is 0 Å². The summed E-state index contributed by atoms with van der Waals surface area (Å²) in [5.41, 5.74) is 1.08. The molecule has 1 aliphatic rings. The van der Waals surface area contributed by atoms with E-state index in [0.717, 1.165) is 43.0 Å². The zero-order chi connectivity index (χ0) is 18.8. The van der Waals surface area contributed by atoms with Gasteiger partial charge in [0, 0.05) is 19.5 Å². The van der Waals surface area contributed by atoms with E-state index in [-0.39, 0.29) is 5.91 Å². The van der Waals surface area contributed by atoms with Gasteiger partial charge >= 0.3 is 0 Å². The molecule has 142 valence electrons. The Morgan fingerprint density at radius 1 is 1.33 bits per heavy atom. The molecule has 27 heavy (non-hydrogen) atoms. The fraction of sp³-hybridized carbons (Fsp3) is 0.429. The van der Waals surface area contributed by atoms with Crippen molar-refractivity contribution in [2.45, 2.75) is 32.2 Å². The maximum atomic E-state index is 12.6. The Balaban J connectivity index is 1.37. The lowest BCUT2D eigenvalue weighted by atomic mass is 9.99. The highest BCUT2D eigenvalue weighted by atomic mass is 32.1. The maximum Gasteiger partial charge on any atom is 0.236 e. The third-order valence-corrected chi connectivity index (χ3v) is 6.34. The number of thiazole rings is 1. The van der Waals surface area contributed by atoms with E-state index in [2.05, 4.69) is 23.1 Å². The number of aryl methyl sites for hydroxylation is 1. The first kappa shape index (κ1) is 18.2. The number of aromatic nitrogens is 1. The lowest BCUT2D eigenvalue weighted by Gasteiger charge is -2.32. The summed E-state index contributed by atoms with van der Waals surface area (Å²) in [5, 5.41) is 1.20. The number of likely N-dealkylation sites (N-methyl/N-ethyl adjacent to an activating group) is 1. The van der Waals surface area contributed by atoms with Crippen LogP contribution in [0, 0.1) is 6.92 Å². The third kappa shape index (κ3) is 4.22. The number of furan rings is 1. The van der Waals surface area contributed by atoms with Gasteiger partial charge in [0.2, 0.25) is 5.91 Å². The zero-order valence-corrected chi connectivity index (χ0v) is 16.7. The Hall–Kier alpha value is -2.18. The number of hydrogen-bond donors (Lipinski definition) is 0. The number of likely N-dealkylation sites (tertiary alicyclic amines) is 1. The van der Waals surface area contributed by atoms with Gasteiger partial charge in [-0.2, -0.15) is 0 Å². The Morgan fingerprint density at radius 3 is 2.96 bits per heavy atom. The van der Waals surface area contributed by atoms with Crippen molar-refractivity contribution in [1.82, 2.24) is 14.8 Å².